The molecule has 3 saturated carbocycles. The average Bonchev–Trinajstić information content (AvgIpc) is 3.16. The molecule has 5 rings (SSSR count). The molecule has 2 amide bonds. The van der Waals surface area contributed by atoms with Gasteiger partial charge in [-0.3, -0.25) is 9.59 Å². The van der Waals surface area contributed by atoms with Gasteiger partial charge in [-0.1, -0.05) is 38.1 Å². The molecule has 0 bridgehead atoms. The molecule has 3 aliphatic carbocycles. The molecule has 0 unspecified atom stereocenters. The van der Waals surface area contributed by atoms with Crippen molar-refractivity contribution in [2.24, 2.45) is 34.5 Å². The number of methoxy groups -OCH3 is 1. The fourth-order valence-electron chi connectivity index (χ4n) is 8.52. The van der Waals surface area contributed by atoms with Crippen molar-refractivity contribution in [3.05, 3.63) is 42.0 Å². The highest BCUT2D eigenvalue weighted by atomic mass is 16.5. The second-order valence-electron chi connectivity index (χ2n) is 11.7. The Morgan fingerprint density at radius 2 is 1.91 bits per heavy atom. The first kappa shape index (κ1) is 23.4. The van der Waals surface area contributed by atoms with Crippen molar-refractivity contribution in [3.8, 4) is 5.75 Å². The van der Waals surface area contributed by atoms with Gasteiger partial charge in [-0.2, -0.15) is 0 Å². The van der Waals surface area contributed by atoms with E-state index in [4.69, 9.17) is 4.74 Å². The maximum absolute atomic E-state index is 13.0. The number of ether oxygens (including phenoxy) is 1. The number of fused-ring (bicyclic) bond motifs is 5. The van der Waals surface area contributed by atoms with E-state index >= 15 is 0 Å². The van der Waals surface area contributed by atoms with E-state index in [2.05, 4.69) is 25.2 Å². The summed E-state index contributed by atoms with van der Waals surface area (Å²) in [5.74, 6) is 3.61. The van der Waals surface area contributed by atoms with Crippen molar-refractivity contribution >= 4 is 11.8 Å². The molecule has 1 aromatic rings. The van der Waals surface area contributed by atoms with Gasteiger partial charge in [0.25, 0.3) is 0 Å². The summed E-state index contributed by atoms with van der Waals surface area (Å²) in [6, 6.07) is 8.21. The molecule has 0 spiro atoms. The minimum absolute atomic E-state index is 0.0805. The van der Waals surface area contributed by atoms with Crippen LogP contribution in [0.5, 0.6) is 5.75 Å². The summed E-state index contributed by atoms with van der Waals surface area (Å²) in [5.41, 5.74) is 1.34. The quantitative estimate of drug-likeness (QED) is 0.670. The maximum Gasteiger partial charge on any atom is 0.246 e. The molecule has 7 atom stereocenters. The highest BCUT2D eigenvalue weighted by Crippen LogP contribution is 2.65. The van der Waals surface area contributed by atoms with Crippen molar-refractivity contribution in [2.45, 2.75) is 71.4 Å². The molecule has 0 radical (unpaired) electrons. The van der Waals surface area contributed by atoms with Crippen LogP contribution in [0.3, 0.4) is 0 Å². The van der Waals surface area contributed by atoms with Crippen LogP contribution in [0.15, 0.2) is 36.4 Å². The lowest BCUT2D eigenvalue weighted by Crippen LogP contribution is -2.59. The Morgan fingerprint density at radius 1 is 1.12 bits per heavy atom. The third-order valence-electron chi connectivity index (χ3n) is 10.4. The molecule has 1 heterocycles. The van der Waals surface area contributed by atoms with Gasteiger partial charge in [-0.05, 0) is 79.8 Å². The zero-order valence-electron chi connectivity index (χ0n) is 21.2. The fraction of sp³-hybridized carbons (Fsp3) is 0.655. The van der Waals surface area contributed by atoms with E-state index in [1.165, 1.54) is 25.7 Å². The Kier molecular flexibility index (Phi) is 6.02. The Labute approximate surface area is 204 Å². The first-order valence-electron chi connectivity index (χ1n) is 13.1. The van der Waals surface area contributed by atoms with Gasteiger partial charge in [0.05, 0.1) is 7.11 Å². The van der Waals surface area contributed by atoms with Crippen molar-refractivity contribution in [1.82, 2.24) is 10.2 Å². The van der Waals surface area contributed by atoms with Gasteiger partial charge in [0.15, 0.2) is 0 Å². The molecule has 34 heavy (non-hydrogen) atoms. The van der Waals surface area contributed by atoms with Gasteiger partial charge >= 0.3 is 0 Å². The Bertz CT molecular complexity index is 989. The summed E-state index contributed by atoms with van der Waals surface area (Å²) in [4.78, 5) is 27.3. The number of hydrogen-bond acceptors (Lipinski definition) is 3. The Morgan fingerprint density at radius 3 is 2.71 bits per heavy atom. The molecule has 0 saturated heterocycles. The highest BCUT2D eigenvalue weighted by Gasteiger charge is 2.60. The van der Waals surface area contributed by atoms with Crippen molar-refractivity contribution in [3.63, 3.8) is 0 Å². The molecule has 3 fully saturated rings. The molecule has 184 valence electrons. The number of nitrogens with one attached hydrogen (secondary N) is 1. The summed E-state index contributed by atoms with van der Waals surface area (Å²) in [7, 11) is 3.65. The molecule has 1 aliphatic heterocycles. The molecule has 1 aromatic carbocycles. The fourth-order valence-corrected chi connectivity index (χ4v) is 8.52. The van der Waals surface area contributed by atoms with Crippen molar-refractivity contribution < 1.29 is 14.3 Å². The standard InChI is InChI=1S/C29H40N2O3/c1-28-15-13-23-21(10-12-25-29(23,2)16-14-27(33)31(25)3)22(28)11-9-20(28)17-26(32)30-18-19-7-5-6-8-24(19)34-4/h5-8,14,16,20-23,25H,9-13,15,17-18H2,1-4H3,(H,30,32)/t20-,21+,22+,23+,25-,28-,29-/m1/s1. The zero-order chi connectivity index (χ0) is 24.1. The molecular weight excluding hydrogens is 424 g/mol. The van der Waals surface area contributed by atoms with Gasteiger partial charge in [0.1, 0.15) is 5.75 Å². The SMILES string of the molecule is COc1ccccc1CNC(=O)C[C@H]1CC[C@H]2[C@@H]3CC[C@H]4N(C)C(=O)C=C[C@]4(C)[C@H]3CC[C@]12C. The summed E-state index contributed by atoms with van der Waals surface area (Å²) >= 11 is 0. The molecule has 1 N–H and O–H groups in total. The summed E-state index contributed by atoms with van der Waals surface area (Å²) < 4.78 is 5.43. The van der Waals surface area contributed by atoms with E-state index in [1.54, 1.807) is 7.11 Å². The van der Waals surface area contributed by atoms with Crippen molar-refractivity contribution in [1.29, 1.82) is 0 Å². The number of para-hydroxylation sites is 1. The van der Waals surface area contributed by atoms with E-state index in [9.17, 15) is 9.59 Å². The summed E-state index contributed by atoms with van der Waals surface area (Å²) in [6.07, 6.45) is 11.8. The number of carbonyl (C=O) groups excluding carboxylic acids is 2. The minimum Gasteiger partial charge on any atom is -0.496 e. The molecule has 0 aromatic heterocycles. The number of amides is 2. The van der Waals surface area contributed by atoms with Crippen LogP contribution < -0.4 is 10.1 Å². The normalized spacial score (nSPS) is 38.6. The molecule has 5 nitrogen and oxygen atoms in total. The lowest BCUT2D eigenvalue weighted by atomic mass is 9.47. The summed E-state index contributed by atoms with van der Waals surface area (Å²) in [6.45, 7) is 5.38. The monoisotopic (exact) mass is 464 g/mol. The van der Waals surface area contributed by atoms with Gasteiger partial charge in [-0.15, -0.1) is 0 Å². The predicted molar refractivity (Wildman–Crippen MR) is 133 cm³/mol. The van der Waals surface area contributed by atoms with Crippen LogP contribution in [0.25, 0.3) is 0 Å². The van der Waals surface area contributed by atoms with Crippen molar-refractivity contribution in [2.75, 3.05) is 14.2 Å². The molecule has 5 heteroatoms. The first-order valence-corrected chi connectivity index (χ1v) is 13.1. The average molecular weight is 465 g/mol. The lowest BCUT2D eigenvalue weighted by molar-refractivity contribution is -0.139. The van der Waals surface area contributed by atoms with Gasteiger partial charge in [0, 0.05) is 37.0 Å². The van der Waals surface area contributed by atoms with E-state index in [0.29, 0.717) is 42.7 Å². The third-order valence-corrected chi connectivity index (χ3v) is 10.4. The first-order chi connectivity index (χ1) is 16.3. The number of rotatable bonds is 5. The molecular formula is C29H40N2O3. The summed E-state index contributed by atoms with van der Waals surface area (Å²) in [5, 5.41) is 3.16. The van der Waals surface area contributed by atoms with E-state index in [0.717, 1.165) is 24.2 Å². The van der Waals surface area contributed by atoms with Gasteiger partial charge in [-0.25, -0.2) is 0 Å². The van der Waals surface area contributed by atoms with Crippen LogP contribution >= 0.6 is 0 Å². The zero-order valence-corrected chi connectivity index (χ0v) is 21.2. The highest BCUT2D eigenvalue weighted by molar-refractivity contribution is 5.89. The smallest absolute Gasteiger partial charge is 0.246 e. The number of nitrogens with zero attached hydrogens (tertiary/aromatic N) is 1. The predicted octanol–water partition coefficient (Wildman–Crippen LogP) is 4.96. The topological polar surface area (TPSA) is 58.6 Å². The maximum atomic E-state index is 13.0. The van der Waals surface area contributed by atoms with E-state index < -0.39 is 0 Å². The second kappa shape index (κ2) is 8.73. The van der Waals surface area contributed by atoms with Gasteiger partial charge in [0.2, 0.25) is 11.8 Å². The van der Waals surface area contributed by atoms with Crippen LogP contribution in [0.1, 0.15) is 64.4 Å². The minimum atomic E-state index is 0.0805. The number of benzene rings is 1. The van der Waals surface area contributed by atoms with Crippen LogP contribution in [0.4, 0.5) is 0 Å². The number of likely N-dealkylation sites (N-methyl/N-ethyl adjacent to an activating group) is 1. The Balaban J connectivity index is 1.26. The number of hydrogen-bond donors (Lipinski definition) is 1. The van der Waals surface area contributed by atoms with Crippen LogP contribution in [0, 0.1) is 34.5 Å². The largest absolute Gasteiger partial charge is 0.496 e. The lowest BCUT2D eigenvalue weighted by Gasteiger charge is -2.60. The van der Waals surface area contributed by atoms with E-state index in [1.807, 2.05) is 42.3 Å². The Hall–Kier alpha value is -2.30. The second-order valence-corrected chi connectivity index (χ2v) is 11.7. The molecule has 4 aliphatic rings. The number of carbonyl (C=O) groups is 2. The van der Waals surface area contributed by atoms with Crippen LogP contribution in [-0.4, -0.2) is 36.9 Å². The van der Waals surface area contributed by atoms with Crippen LogP contribution in [-0.2, 0) is 16.1 Å². The van der Waals surface area contributed by atoms with Gasteiger partial charge < -0.3 is 15.0 Å². The van der Waals surface area contributed by atoms with E-state index in [-0.39, 0.29) is 22.6 Å². The third kappa shape index (κ3) is 3.67. The van der Waals surface area contributed by atoms with Crippen LogP contribution in [0.2, 0.25) is 0 Å².